The predicted octanol–water partition coefficient (Wildman–Crippen LogP) is -1.69. The van der Waals surface area contributed by atoms with Crippen LogP contribution >= 0.6 is 0 Å². The Kier molecular flexibility index (Phi) is 7.64. The van der Waals surface area contributed by atoms with E-state index in [1.54, 1.807) is 0 Å². The summed E-state index contributed by atoms with van der Waals surface area (Å²) in [5.74, 6) is -1.88. The summed E-state index contributed by atoms with van der Waals surface area (Å²) in [6, 6.07) is -1.90. The molecule has 0 heterocycles. The maximum Gasteiger partial charge on any atom is 0.326 e. The maximum absolute atomic E-state index is 11.2. The Hall–Kier alpha value is -1.67. The molecule has 0 amide bonds. The minimum atomic E-state index is -1.02. The molecule has 0 aromatic heterocycles. The van der Waals surface area contributed by atoms with Gasteiger partial charge in [0.2, 0.25) is 0 Å². The van der Waals surface area contributed by atoms with Crippen molar-refractivity contribution in [3.63, 3.8) is 0 Å². The zero-order valence-corrected chi connectivity index (χ0v) is 10.4. The molecular formula is C10H18N2O6. The Bertz CT molecular complexity index is 279. The minimum Gasteiger partial charge on any atom is -0.468 e. The van der Waals surface area contributed by atoms with E-state index in [9.17, 15) is 14.4 Å². The highest BCUT2D eigenvalue weighted by Gasteiger charge is 2.18. The van der Waals surface area contributed by atoms with Crippen LogP contribution in [0.1, 0.15) is 12.8 Å². The molecule has 0 aromatic carbocycles. The fraction of sp³-hybridized carbons (Fsp3) is 0.700. The van der Waals surface area contributed by atoms with Crippen molar-refractivity contribution in [1.29, 1.82) is 0 Å². The standard InChI is InChI=1S/C10H18N2O6/c1-16-9(14)6(11)3-4-8(13)18-5-7(12)10(15)17-2/h6-7H,3-5,11-12H2,1-2H3/t6?,7-/m0/s1. The van der Waals surface area contributed by atoms with E-state index in [-0.39, 0.29) is 19.4 Å². The molecule has 0 bridgehead atoms. The Morgan fingerprint density at radius 1 is 1.00 bits per heavy atom. The normalized spacial score (nSPS) is 13.3. The van der Waals surface area contributed by atoms with Gasteiger partial charge in [0, 0.05) is 6.42 Å². The van der Waals surface area contributed by atoms with Crippen molar-refractivity contribution < 1.29 is 28.6 Å². The van der Waals surface area contributed by atoms with Gasteiger partial charge in [-0.3, -0.25) is 14.4 Å². The zero-order chi connectivity index (χ0) is 14.1. The molecular weight excluding hydrogens is 244 g/mol. The molecule has 0 aliphatic carbocycles. The molecule has 0 saturated heterocycles. The fourth-order valence-electron chi connectivity index (χ4n) is 1.02. The number of carbonyl (C=O) groups excluding carboxylic acids is 3. The van der Waals surface area contributed by atoms with Crippen LogP contribution in [0.25, 0.3) is 0 Å². The monoisotopic (exact) mass is 262 g/mol. The van der Waals surface area contributed by atoms with Crippen molar-refractivity contribution in [2.24, 2.45) is 11.5 Å². The van der Waals surface area contributed by atoms with E-state index in [0.717, 1.165) is 0 Å². The molecule has 1 unspecified atom stereocenters. The molecule has 0 radical (unpaired) electrons. The second-order valence-electron chi connectivity index (χ2n) is 3.48. The smallest absolute Gasteiger partial charge is 0.326 e. The van der Waals surface area contributed by atoms with Crippen LogP contribution in [-0.2, 0) is 28.6 Å². The summed E-state index contributed by atoms with van der Waals surface area (Å²) >= 11 is 0. The lowest BCUT2D eigenvalue weighted by atomic mass is 10.2. The Morgan fingerprint density at radius 3 is 2.00 bits per heavy atom. The largest absolute Gasteiger partial charge is 0.468 e. The average molecular weight is 262 g/mol. The van der Waals surface area contributed by atoms with E-state index in [1.807, 2.05) is 0 Å². The first-order valence-corrected chi connectivity index (χ1v) is 5.24. The van der Waals surface area contributed by atoms with Crippen LogP contribution in [0.15, 0.2) is 0 Å². The maximum atomic E-state index is 11.2. The number of rotatable bonds is 7. The van der Waals surface area contributed by atoms with Crippen molar-refractivity contribution in [3.8, 4) is 0 Å². The lowest BCUT2D eigenvalue weighted by Crippen LogP contribution is -2.37. The predicted molar refractivity (Wildman–Crippen MR) is 60.2 cm³/mol. The van der Waals surface area contributed by atoms with E-state index in [1.165, 1.54) is 14.2 Å². The van der Waals surface area contributed by atoms with E-state index in [0.29, 0.717) is 0 Å². The van der Waals surface area contributed by atoms with Crippen molar-refractivity contribution in [3.05, 3.63) is 0 Å². The Labute approximate surface area is 105 Å². The number of hydrogen-bond donors (Lipinski definition) is 2. The van der Waals surface area contributed by atoms with Crippen molar-refractivity contribution in [1.82, 2.24) is 0 Å². The summed E-state index contributed by atoms with van der Waals surface area (Å²) in [7, 11) is 2.38. The van der Waals surface area contributed by atoms with Gasteiger partial charge in [-0.1, -0.05) is 0 Å². The number of esters is 3. The fourth-order valence-corrected chi connectivity index (χ4v) is 1.02. The summed E-state index contributed by atoms with van der Waals surface area (Å²) in [4.78, 5) is 33.1. The molecule has 18 heavy (non-hydrogen) atoms. The van der Waals surface area contributed by atoms with Crippen LogP contribution < -0.4 is 11.5 Å². The van der Waals surface area contributed by atoms with Gasteiger partial charge in [-0.15, -0.1) is 0 Å². The topological polar surface area (TPSA) is 131 Å². The van der Waals surface area contributed by atoms with Crippen molar-refractivity contribution >= 4 is 17.9 Å². The number of nitrogens with two attached hydrogens (primary N) is 2. The second-order valence-corrected chi connectivity index (χ2v) is 3.48. The molecule has 4 N–H and O–H groups in total. The summed E-state index contributed by atoms with van der Waals surface area (Å²) in [6.45, 7) is -0.279. The SMILES string of the molecule is COC(=O)C(N)CCC(=O)OC[C@H](N)C(=O)OC. The highest BCUT2D eigenvalue weighted by Crippen LogP contribution is 1.99. The van der Waals surface area contributed by atoms with Crippen molar-refractivity contribution in [2.75, 3.05) is 20.8 Å². The van der Waals surface area contributed by atoms with E-state index in [2.05, 4.69) is 9.47 Å². The van der Waals surface area contributed by atoms with E-state index < -0.39 is 30.0 Å². The van der Waals surface area contributed by atoms with Crippen LogP contribution in [0.5, 0.6) is 0 Å². The molecule has 0 saturated carbocycles. The van der Waals surface area contributed by atoms with Crippen LogP contribution in [0.2, 0.25) is 0 Å². The first-order chi connectivity index (χ1) is 8.42. The zero-order valence-electron chi connectivity index (χ0n) is 10.4. The number of carbonyl (C=O) groups is 3. The third-order valence-electron chi connectivity index (χ3n) is 2.09. The van der Waals surface area contributed by atoms with Crippen LogP contribution in [0, 0.1) is 0 Å². The van der Waals surface area contributed by atoms with Crippen LogP contribution in [0.4, 0.5) is 0 Å². The van der Waals surface area contributed by atoms with Gasteiger partial charge in [-0.2, -0.15) is 0 Å². The first kappa shape index (κ1) is 16.3. The van der Waals surface area contributed by atoms with Gasteiger partial charge in [-0.05, 0) is 6.42 Å². The molecule has 0 fully saturated rings. The quantitative estimate of drug-likeness (QED) is 0.410. The van der Waals surface area contributed by atoms with Gasteiger partial charge in [0.25, 0.3) is 0 Å². The third-order valence-corrected chi connectivity index (χ3v) is 2.09. The molecule has 2 atom stereocenters. The minimum absolute atomic E-state index is 0.0653. The van der Waals surface area contributed by atoms with Gasteiger partial charge in [-0.25, -0.2) is 0 Å². The van der Waals surface area contributed by atoms with Gasteiger partial charge in [0.05, 0.1) is 14.2 Å². The van der Waals surface area contributed by atoms with E-state index in [4.69, 9.17) is 16.2 Å². The molecule has 8 heteroatoms. The molecule has 0 aliphatic rings. The highest BCUT2D eigenvalue weighted by atomic mass is 16.5. The Balaban J connectivity index is 3.85. The Morgan fingerprint density at radius 2 is 1.50 bits per heavy atom. The molecule has 8 nitrogen and oxygen atoms in total. The molecule has 0 aromatic rings. The summed E-state index contributed by atoms with van der Waals surface area (Å²) in [5.41, 5.74) is 10.8. The van der Waals surface area contributed by atoms with E-state index >= 15 is 0 Å². The second kappa shape index (κ2) is 8.43. The third kappa shape index (κ3) is 6.16. The average Bonchev–Trinajstić information content (AvgIpc) is 2.39. The lowest BCUT2D eigenvalue weighted by Gasteiger charge is -2.11. The van der Waals surface area contributed by atoms with Gasteiger partial charge in [0.1, 0.15) is 18.7 Å². The molecule has 0 rings (SSSR count). The molecule has 104 valence electrons. The summed E-state index contributed by atoms with van der Waals surface area (Å²) in [5, 5.41) is 0. The van der Waals surface area contributed by atoms with Gasteiger partial charge < -0.3 is 25.7 Å². The van der Waals surface area contributed by atoms with Crippen LogP contribution in [0.3, 0.4) is 0 Å². The summed E-state index contributed by atoms with van der Waals surface area (Å²) in [6.07, 6.45) is 0.0309. The molecule has 0 spiro atoms. The first-order valence-electron chi connectivity index (χ1n) is 5.24. The number of hydrogen-bond acceptors (Lipinski definition) is 8. The highest BCUT2D eigenvalue weighted by molar-refractivity contribution is 5.78. The lowest BCUT2D eigenvalue weighted by molar-refractivity contribution is -0.149. The van der Waals surface area contributed by atoms with Gasteiger partial charge in [0.15, 0.2) is 0 Å². The molecule has 0 aliphatic heterocycles. The number of methoxy groups -OCH3 is 2. The van der Waals surface area contributed by atoms with Gasteiger partial charge >= 0.3 is 17.9 Å². The summed E-state index contributed by atoms with van der Waals surface area (Å²) < 4.78 is 13.5. The van der Waals surface area contributed by atoms with Crippen molar-refractivity contribution in [2.45, 2.75) is 24.9 Å². The number of ether oxygens (including phenoxy) is 3. The van der Waals surface area contributed by atoms with Crippen LogP contribution in [-0.4, -0.2) is 50.8 Å².